The first-order chi connectivity index (χ1) is 8.29. The smallest absolute Gasteiger partial charge is 0.297 e. The summed E-state index contributed by atoms with van der Waals surface area (Å²) in [5, 5.41) is 10.7. The highest BCUT2D eigenvalue weighted by atomic mass is 127. The van der Waals surface area contributed by atoms with Gasteiger partial charge in [0, 0.05) is 12.3 Å². The molecule has 18 heavy (non-hydrogen) atoms. The number of fused-ring (bicyclic) bond motifs is 1. The summed E-state index contributed by atoms with van der Waals surface area (Å²) in [6, 6.07) is 2.53. The van der Waals surface area contributed by atoms with E-state index in [0.717, 1.165) is 4.40 Å². The van der Waals surface area contributed by atoms with Crippen LogP contribution in [0.15, 0.2) is 18.3 Å². The van der Waals surface area contributed by atoms with Crippen molar-refractivity contribution in [2.45, 2.75) is 12.6 Å². The van der Waals surface area contributed by atoms with Gasteiger partial charge in [0.15, 0.2) is 0 Å². The Morgan fingerprint density at radius 2 is 2.17 bits per heavy atom. The number of pyridine rings is 1. The molecular formula is C9H5F3IN3O2. The molecule has 2 aromatic heterocycles. The van der Waals surface area contributed by atoms with Gasteiger partial charge in [-0.2, -0.15) is 13.2 Å². The summed E-state index contributed by atoms with van der Waals surface area (Å²) in [6.45, 7) is 0. The molecule has 0 bridgehead atoms. The predicted octanol–water partition coefficient (Wildman–Crippen LogP) is 2.95. The second-order valence-corrected chi connectivity index (χ2v) is 4.51. The van der Waals surface area contributed by atoms with E-state index in [0.29, 0.717) is 0 Å². The van der Waals surface area contributed by atoms with Crippen molar-refractivity contribution in [2.24, 2.45) is 0 Å². The standard InChI is InChI=1S/C9H5F3IN3O2/c10-9(11,12)4-6-7(13)14-8-5(16(17)18)2-1-3-15(6)8/h1-3H,4H2. The molecule has 0 radical (unpaired) electrons. The predicted molar refractivity (Wildman–Crippen MR) is 64.3 cm³/mol. The van der Waals surface area contributed by atoms with Crippen LogP contribution in [0.1, 0.15) is 5.69 Å². The van der Waals surface area contributed by atoms with Gasteiger partial charge in [0.2, 0.25) is 5.65 Å². The van der Waals surface area contributed by atoms with Crippen molar-refractivity contribution in [3.05, 3.63) is 37.8 Å². The maximum absolute atomic E-state index is 12.4. The van der Waals surface area contributed by atoms with E-state index in [1.165, 1.54) is 18.3 Å². The van der Waals surface area contributed by atoms with E-state index >= 15 is 0 Å². The average Bonchev–Trinajstić information content (AvgIpc) is 2.53. The van der Waals surface area contributed by atoms with E-state index in [1.807, 2.05) is 0 Å². The van der Waals surface area contributed by atoms with Crippen molar-refractivity contribution in [2.75, 3.05) is 0 Å². The topological polar surface area (TPSA) is 60.4 Å². The molecule has 0 N–H and O–H groups in total. The van der Waals surface area contributed by atoms with Gasteiger partial charge in [0.25, 0.3) is 0 Å². The molecule has 5 nitrogen and oxygen atoms in total. The largest absolute Gasteiger partial charge is 0.394 e. The summed E-state index contributed by atoms with van der Waals surface area (Å²) < 4.78 is 38.4. The summed E-state index contributed by atoms with van der Waals surface area (Å²) in [5.74, 6) is 0. The number of hydrogen-bond donors (Lipinski definition) is 0. The Hall–Kier alpha value is -1.39. The summed E-state index contributed by atoms with van der Waals surface area (Å²) in [4.78, 5) is 13.9. The summed E-state index contributed by atoms with van der Waals surface area (Å²) in [5.41, 5.74) is -0.489. The zero-order chi connectivity index (χ0) is 13.5. The maximum atomic E-state index is 12.4. The average molecular weight is 371 g/mol. The van der Waals surface area contributed by atoms with E-state index < -0.39 is 17.5 Å². The third-order valence-electron chi connectivity index (χ3n) is 2.24. The molecule has 9 heteroatoms. The lowest BCUT2D eigenvalue weighted by atomic mass is 10.3. The fourth-order valence-corrected chi connectivity index (χ4v) is 2.24. The minimum atomic E-state index is -4.39. The van der Waals surface area contributed by atoms with Gasteiger partial charge in [-0.15, -0.1) is 0 Å². The Labute approximate surface area is 112 Å². The molecule has 2 rings (SSSR count). The van der Waals surface area contributed by atoms with E-state index in [2.05, 4.69) is 4.98 Å². The molecular weight excluding hydrogens is 366 g/mol. The van der Waals surface area contributed by atoms with Gasteiger partial charge in [0.1, 0.15) is 3.70 Å². The number of nitrogens with zero attached hydrogens (tertiary/aromatic N) is 3. The third kappa shape index (κ3) is 2.40. The maximum Gasteiger partial charge on any atom is 0.394 e. The van der Waals surface area contributed by atoms with Crippen LogP contribution in [0.2, 0.25) is 0 Å². The molecule has 0 amide bonds. The van der Waals surface area contributed by atoms with Crippen molar-refractivity contribution >= 4 is 33.9 Å². The summed E-state index contributed by atoms with van der Waals surface area (Å²) >= 11 is 1.64. The molecule has 0 aromatic carbocycles. The van der Waals surface area contributed by atoms with Crippen LogP contribution in [0, 0.1) is 13.8 Å². The molecule has 0 unspecified atom stereocenters. The van der Waals surface area contributed by atoms with Gasteiger partial charge >= 0.3 is 11.9 Å². The molecule has 0 saturated heterocycles. The lowest BCUT2D eigenvalue weighted by Crippen LogP contribution is -2.14. The number of imidazole rings is 1. The second-order valence-electron chi connectivity index (χ2n) is 3.49. The normalized spacial score (nSPS) is 12.0. The van der Waals surface area contributed by atoms with E-state index in [-0.39, 0.29) is 20.7 Å². The third-order valence-corrected chi connectivity index (χ3v) is 3.11. The Kier molecular flexibility index (Phi) is 3.17. The summed E-state index contributed by atoms with van der Waals surface area (Å²) in [6.07, 6.45) is -4.23. The first kappa shape index (κ1) is 13.1. The monoisotopic (exact) mass is 371 g/mol. The molecule has 0 saturated carbocycles. The number of hydrogen-bond acceptors (Lipinski definition) is 3. The molecule has 0 aliphatic heterocycles. The lowest BCUT2D eigenvalue weighted by Gasteiger charge is -2.06. The molecule has 96 valence electrons. The number of nitro groups is 1. The van der Waals surface area contributed by atoms with Crippen molar-refractivity contribution in [1.82, 2.24) is 9.38 Å². The van der Waals surface area contributed by atoms with E-state index in [9.17, 15) is 23.3 Å². The van der Waals surface area contributed by atoms with E-state index in [4.69, 9.17) is 0 Å². The Balaban J connectivity index is 2.66. The first-order valence-corrected chi connectivity index (χ1v) is 5.74. The van der Waals surface area contributed by atoms with Crippen LogP contribution in [0.5, 0.6) is 0 Å². The molecule has 2 heterocycles. The molecule has 0 atom stereocenters. The number of alkyl halides is 3. The van der Waals surface area contributed by atoms with Crippen molar-refractivity contribution < 1.29 is 18.1 Å². The molecule has 0 aliphatic carbocycles. The van der Waals surface area contributed by atoms with Gasteiger partial charge in [0.05, 0.1) is 17.0 Å². The highest BCUT2D eigenvalue weighted by molar-refractivity contribution is 14.1. The fraction of sp³-hybridized carbons (Fsp3) is 0.222. The van der Waals surface area contributed by atoms with E-state index in [1.54, 1.807) is 22.6 Å². The van der Waals surface area contributed by atoms with Crippen LogP contribution in [-0.2, 0) is 6.42 Å². The highest BCUT2D eigenvalue weighted by Crippen LogP contribution is 2.28. The lowest BCUT2D eigenvalue weighted by molar-refractivity contribution is -0.383. The van der Waals surface area contributed by atoms with Crippen molar-refractivity contribution in [1.29, 1.82) is 0 Å². The minimum absolute atomic E-state index is 0.0776. The van der Waals surface area contributed by atoms with Crippen molar-refractivity contribution in [3.8, 4) is 0 Å². The van der Waals surface area contributed by atoms with Crippen LogP contribution in [0.4, 0.5) is 18.9 Å². The van der Waals surface area contributed by atoms with Crippen LogP contribution in [-0.4, -0.2) is 20.5 Å². The molecule has 0 spiro atoms. The molecule has 0 aliphatic rings. The summed E-state index contributed by atoms with van der Waals surface area (Å²) in [7, 11) is 0. The Bertz CT molecular complexity index is 623. The zero-order valence-corrected chi connectivity index (χ0v) is 10.8. The first-order valence-electron chi connectivity index (χ1n) is 4.66. The Morgan fingerprint density at radius 1 is 1.50 bits per heavy atom. The SMILES string of the molecule is O=[N+]([O-])c1cccn2c(CC(F)(F)F)c(I)nc12. The number of halogens is 4. The van der Waals surface area contributed by atoms with Gasteiger partial charge in [-0.05, 0) is 28.7 Å². The zero-order valence-electron chi connectivity index (χ0n) is 8.61. The van der Waals surface area contributed by atoms with Crippen LogP contribution in [0.3, 0.4) is 0 Å². The number of rotatable bonds is 2. The highest BCUT2D eigenvalue weighted by Gasteiger charge is 2.32. The Morgan fingerprint density at radius 3 is 2.72 bits per heavy atom. The van der Waals surface area contributed by atoms with Crippen LogP contribution in [0.25, 0.3) is 5.65 Å². The van der Waals surface area contributed by atoms with Crippen LogP contribution >= 0.6 is 22.6 Å². The fourth-order valence-electron chi connectivity index (χ4n) is 1.57. The van der Waals surface area contributed by atoms with Crippen molar-refractivity contribution in [3.63, 3.8) is 0 Å². The minimum Gasteiger partial charge on any atom is -0.297 e. The van der Waals surface area contributed by atoms with Gasteiger partial charge in [-0.1, -0.05) is 0 Å². The second kappa shape index (κ2) is 4.37. The molecule has 2 aromatic rings. The molecule has 0 fully saturated rings. The van der Waals surface area contributed by atoms with Gasteiger partial charge in [-0.3, -0.25) is 14.5 Å². The van der Waals surface area contributed by atoms with Crippen LogP contribution < -0.4 is 0 Å². The van der Waals surface area contributed by atoms with Gasteiger partial charge < -0.3 is 0 Å². The quantitative estimate of drug-likeness (QED) is 0.463. The number of aromatic nitrogens is 2. The van der Waals surface area contributed by atoms with Gasteiger partial charge in [-0.25, -0.2) is 4.98 Å².